The zero-order valence-corrected chi connectivity index (χ0v) is 14.5. The minimum Gasteiger partial charge on any atom is -0.368 e. The molecule has 136 valence electrons. The van der Waals surface area contributed by atoms with Gasteiger partial charge in [0.25, 0.3) is 5.89 Å². The summed E-state index contributed by atoms with van der Waals surface area (Å²) in [5.41, 5.74) is 2.10. The van der Waals surface area contributed by atoms with Crippen LogP contribution in [0.4, 0.5) is 0 Å². The van der Waals surface area contributed by atoms with Crippen molar-refractivity contribution in [2.24, 2.45) is 0 Å². The van der Waals surface area contributed by atoms with Crippen LogP contribution in [0.3, 0.4) is 0 Å². The van der Waals surface area contributed by atoms with Gasteiger partial charge in [0.15, 0.2) is 11.6 Å². The molecule has 0 bridgehead atoms. The molecule has 1 saturated heterocycles. The van der Waals surface area contributed by atoms with Gasteiger partial charge < -0.3 is 19.1 Å². The first-order chi connectivity index (χ1) is 12.9. The van der Waals surface area contributed by atoms with Crippen LogP contribution in [0, 0.1) is 0 Å². The SMILES string of the molecule is c1cn(CCc2noc([C@@H]3CCCO3)n2)c(-c2cc3n(n2)CCNC3)n1. The van der Waals surface area contributed by atoms with E-state index in [0.717, 1.165) is 57.1 Å². The van der Waals surface area contributed by atoms with Crippen molar-refractivity contribution in [3.05, 3.63) is 35.9 Å². The maximum Gasteiger partial charge on any atom is 0.255 e. The molecular weight excluding hydrogens is 334 g/mol. The molecule has 26 heavy (non-hydrogen) atoms. The van der Waals surface area contributed by atoms with Gasteiger partial charge in [0.05, 0.1) is 12.2 Å². The summed E-state index contributed by atoms with van der Waals surface area (Å²) in [7, 11) is 0. The molecule has 1 fully saturated rings. The van der Waals surface area contributed by atoms with Crippen LogP contribution in [-0.2, 0) is 30.8 Å². The summed E-state index contributed by atoms with van der Waals surface area (Å²) in [5, 5.41) is 12.1. The summed E-state index contributed by atoms with van der Waals surface area (Å²) in [6, 6.07) is 2.11. The van der Waals surface area contributed by atoms with Gasteiger partial charge in [-0.2, -0.15) is 10.1 Å². The first-order valence-corrected chi connectivity index (χ1v) is 9.10. The predicted molar refractivity (Wildman–Crippen MR) is 91.1 cm³/mol. The number of fused-ring (bicyclic) bond motifs is 1. The molecule has 5 rings (SSSR count). The van der Waals surface area contributed by atoms with Gasteiger partial charge in [-0.3, -0.25) is 4.68 Å². The van der Waals surface area contributed by atoms with Crippen molar-refractivity contribution >= 4 is 0 Å². The first-order valence-electron chi connectivity index (χ1n) is 9.10. The van der Waals surface area contributed by atoms with E-state index in [1.54, 1.807) is 6.20 Å². The second kappa shape index (κ2) is 6.65. The number of ether oxygens (including phenoxy) is 1. The molecule has 0 amide bonds. The lowest BCUT2D eigenvalue weighted by molar-refractivity contribution is 0.0835. The number of nitrogens with one attached hydrogen (secondary N) is 1. The third-order valence-electron chi connectivity index (χ3n) is 4.88. The van der Waals surface area contributed by atoms with Gasteiger partial charge in [-0.05, 0) is 18.9 Å². The lowest BCUT2D eigenvalue weighted by atomic mass is 10.2. The highest BCUT2D eigenvalue weighted by Crippen LogP contribution is 2.27. The van der Waals surface area contributed by atoms with Crippen LogP contribution in [0.5, 0.6) is 0 Å². The van der Waals surface area contributed by atoms with Crippen LogP contribution in [0.25, 0.3) is 11.5 Å². The molecule has 0 aromatic carbocycles. The summed E-state index contributed by atoms with van der Waals surface area (Å²) in [6.07, 6.45) is 6.41. The average Bonchev–Trinajstić information content (AvgIpc) is 3.46. The number of nitrogens with zero attached hydrogens (tertiary/aromatic N) is 6. The van der Waals surface area contributed by atoms with Crippen LogP contribution in [0.15, 0.2) is 23.0 Å². The van der Waals surface area contributed by atoms with Crippen molar-refractivity contribution in [3.63, 3.8) is 0 Å². The van der Waals surface area contributed by atoms with Crippen LogP contribution < -0.4 is 5.32 Å². The molecule has 0 aliphatic carbocycles. The highest BCUT2D eigenvalue weighted by molar-refractivity contribution is 5.50. The summed E-state index contributed by atoms with van der Waals surface area (Å²) >= 11 is 0. The van der Waals surface area contributed by atoms with Gasteiger partial charge >= 0.3 is 0 Å². The van der Waals surface area contributed by atoms with Gasteiger partial charge in [-0.1, -0.05) is 5.16 Å². The van der Waals surface area contributed by atoms with Crippen molar-refractivity contribution < 1.29 is 9.26 Å². The second-order valence-corrected chi connectivity index (χ2v) is 6.67. The van der Waals surface area contributed by atoms with Crippen LogP contribution in [0.2, 0.25) is 0 Å². The van der Waals surface area contributed by atoms with Crippen molar-refractivity contribution in [3.8, 4) is 11.5 Å². The standard InChI is InChI=1S/C17H21N7O2/c1-2-14(25-9-1)17-20-15(22-26-17)3-6-23-7-5-19-16(23)13-10-12-11-18-4-8-24(12)21-13/h5,7,10,14,18H,1-4,6,8-9,11H2/t14-/m0/s1. The monoisotopic (exact) mass is 355 g/mol. The highest BCUT2D eigenvalue weighted by atomic mass is 16.5. The molecule has 1 N–H and O–H groups in total. The molecule has 3 aromatic rings. The average molecular weight is 355 g/mol. The molecule has 0 spiro atoms. The van der Waals surface area contributed by atoms with Gasteiger partial charge in [0.2, 0.25) is 0 Å². The molecule has 2 aliphatic rings. The zero-order valence-electron chi connectivity index (χ0n) is 14.5. The van der Waals surface area contributed by atoms with Crippen LogP contribution in [-0.4, -0.2) is 42.6 Å². The van der Waals surface area contributed by atoms with E-state index in [9.17, 15) is 0 Å². The third kappa shape index (κ3) is 2.93. The molecule has 3 aromatic heterocycles. The van der Waals surface area contributed by atoms with Gasteiger partial charge in [-0.15, -0.1) is 0 Å². The minimum absolute atomic E-state index is 0.0365. The topological polar surface area (TPSA) is 95.8 Å². The smallest absolute Gasteiger partial charge is 0.255 e. The van der Waals surface area contributed by atoms with Gasteiger partial charge in [0, 0.05) is 45.1 Å². The summed E-state index contributed by atoms with van der Waals surface area (Å²) in [5.74, 6) is 2.16. The predicted octanol–water partition coefficient (Wildman–Crippen LogP) is 1.33. The quantitative estimate of drug-likeness (QED) is 0.737. The maximum absolute atomic E-state index is 5.59. The Bertz CT molecular complexity index is 867. The fourth-order valence-corrected chi connectivity index (χ4v) is 3.52. The van der Waals surface area contributed by atoms with E-state index in [2.05, 4.69) is 35.8 Å². The van der Waals surface area contributed by atoms with E-state index in [0.29, 0.717) is 18.1 Å². The molecule has 0 radical (unpaired) electrons. The Kier molecular flexibility index (Phi) is 4.02. The highest BCUT2D eigenvalue weighted by Gasteiger charge is 2.24. The number of aromatic nitrogens is 6. The molecule has 0 unspecified atom stereocenters. The second-order valence-electron chi connectivity index (χ2n) is 6.67. The van der Waals surface area contributed by atoms with Crippen molar-refractivity contribution in [1.82, 2.24) is 34.8 Å². The van der Waals surface area contributed by atoms with Crippen molar-refractivity contribution in [2.45, 2.75) is 45.0 Å². The van der Waals surface area contributed by atoms with E-state index in [1.165, 1.54) is 5.69 Å². The molecule has 9 nitrogen and oxygen atoms in total. The lowest BCUT2D eigenvalue weighted by Gasteiger charge is -2.13. The first kappa shape index (κ1) is 15.7. The number of hydrogen-bond acceptors (Lipinski definition) is 7. The van der Waals surface area contributed by atoms with Crippen LogP contribution in [0.1, 0.15) is 36.4 Å². The maximum atomic E-state index is 5.59. The van der Waals surface area contributed by atoms with Crippen molar-refractivity contribution in [1.29, 1.82) is 0 Å². The van der Waals surface area contributed by atoms with Gasteiger partial charge in [0.1, 0.15) is 11.8 Å². The number of rotatable bonds is 5. The Hall–Kier alpha value is -2.52. The molecular formula is C17H21N7O2. The Balaban J connectivity index is 1.30. The fraction of sp³-hybridized carbons (Fsp3) is 0.529. The van der Waals surface area contributed by atoms with E-state index in [-0.39, 0.29) is 6.10 Å². The zero-order chi connectivity index (χ0) is 17.3. The van der Waals surface area contributed by atoms with E-state index < -0.39 is 0 Å². The van der Waals surface area contributed by atoms with E-state index >= 15 is 0 Å². The van der Waals surface area contributed by atoms with Gasteiger partial charge in [-0.25, -0.2) is 4.98 Å². The number of aryl methyl sites for hydroxylation is 2. The fourth-order valence-electron chi connectivity index (χ4n) is 3.52. The summed E-state index contributed by atoms with van der Waals surface area (Å²) in [4.78, 5) is 8.98. The van der Waals surface area contributed by atoms with Crippen molar-refractivity contribution in [2.75, 3.05) is 13.2 Å². The molecule has 1 atom stereocenters. The molecule has 2 aliphatic heterocycles. The normalized spacial score (nSPS) is 19.8. The van der Waals surface area contributed by atoms with Crippen LogP contribution >= 0.6 is 0 Å². The third-order valence-corrected chi connectivity index (χ3v) is 4.88. The Labute approximate surface area is 150 Å². The summed E-state index contributed by atoms with van der Waals surface area (Å²) in [6.45, 7) is 4.19. The minimum atomic E-state index is -0.0365. The Morgan fingerprint density at radius 1 is 1.35 bits per heavy atom. The Morgan fingerprint density at radius 3 is 3.23 bits per heavy atom. The molecule has 5 heterocycles. The molecule has 0 saturated carbocycles. The number of imidazole rings is 1. The largest absolute Gasteiger partial charge is 0.368 e. The number of hydrogen-bond donors (Lipinski definition) is 1. The van der Waals surface area contributed by atoms with E-state index in [4.69, 9.17) is 14.4 Å². The summed E-state index contributed by atoms with van der Waals surface area (Å²) < 4.78 is 15.1. The lowest BCUT2D eigenvalue weighted by Crippen LogP contribution is -2.28. The molecule has 9 heteroatoms. The van der Waals surface area contributed by atoms with E-state index in [1.807, 2.05) is 6.20 Å². The Morgan fingerprint density at radius 2 is 2.35 bits per heavy atom.